The molecule has 12 heavy (non-hydrogen) atoms. The largest absolute Gasteiger partial charge is 0.381 e. The molecule has 0 bridgehead atoms. The Balaban J connectivity index is 2.02. The van der Waals surface area contributed by atoms with E-state index in [1.807, 2.05) is 6.07 Å². The van der Waals surface area contributed by atoms with Gasteiger partial charge in [-0.2, -0.15) is 0 Å². The summed E-state index contributed by atoms with van der Waals surface area (Å²) in [6.07, 6.45) is 0.942. The first-order valence-corrected chi connectivity index (χ1v) is 4.17. The molecule has 0 N–H and O–H groups in total. The molecule has 0 radical (unpaired) electrons. The van der Waals surface area contributed by atoms with Crippen LogP contribution in [0.15, 0.2) is 24.3 Å². The van der Waals surface area contributed by atoms with Gasteiger partial charge in [0.2, 0.25) is 0 Å². The van der Waals surface area contributed by atoms with Crippen LogP contribution in [0.25, 0.3) is 0 Å². The van der Waals surface area contributed by atoms with Gasteiger partial charge in [-0.05, 0) is 24.1 Å². The highest BCUT2D eigenvalue weighted by molar-refractivity contribution is 5.17. The molecule has 0 aromatic heterocycles. The van der Waals surface area contributed by atoms with Crippen molar-refractivity contribution >= 4 is 0 Å². The fourth-order valence-electron chi connectivity index (χ4n) is 1.40. The van der Waals surface area contributed by atoms with Crippen molar-refractivity contribution in [3.8, 4) is 0 Å². The first-order chi connectivity index (χ1) is 5.84. The van der Waals surface area contributed by atoms with E-state index < -0.39 is 0 Å². The maximum absolute atomic E-state index is 12.7. The van der Waals surface area contributed by atoms with Crippen LogP contribution < -0.4 is 0 Å². The number of rotatable bonds is 2. The van der Waals surface area contributed by atoms with Crippen LogP contribution in [-0.4, -0.2) is 13.2 Å². The lowest BCUT2D eigenvalue weighted by atomic mass is 9.98. The summed E-state index contributed by atoms with van der Waals surface area (Å²) < 4.78 is 17.8. The Hall–Kier alpha value is -0.890. The van der Waals surface area contributed by atoms with Crippen molar-refractivity contribution < 1.29 is 9.13 Å². The first-order valence-electron chi connectivity index (χ1n) is 4.17. The summed E-state index contributed by atoms with van der Waals surface area (Å²) >= 11 is 0. The second-order valence-electron chi connectivity index (χ2n) is 3.24. The number of halogens is 1. The maximum atomic E-state index is 12.7. The van der Waals surface area contributed by atoms with Crippen molar-refractivity contribution in [2.24, 2.45) is 5.92 Å². The number of ether oxygens (including phenoxy) is 1. The summed E-state index contributed by atoms with van der Waals surface area (Å²) in [5.41, 5.74) is 1.07. The molecule has 0 aliphatic carbocycles. The Morgan fingerprint density at radius 1 is 1.42 bits per heavy atom. The summed E-state index contributed by atoms with van der Waals surface area (Å²) in [4.78, 5) is 0. The summed E-state index contributed by atoms with van der Waals surface area (Å²) in [5.74, 6) is 0.458. The van der Waals surface area contributed by atoms with Crippen molar-refractivity contribution in [1.82, 2.24) is 0 Å². The molecule has 1 nitrogen and oxygen atoms in total. The summed E-state index contributed by atoms with van der Waals surface area (Å²) in [6.45, 7) is 1.66. The molecule has 0 unspecified atom stereocenters. The van der Waals surface area contributed by atoms with Crippen LogP contribution in [0.5, 0.6) is 0 Å². The van der Waals surface area contributed by atoms with Gasteiger partial charge in [0.1, 0.15) is 5.82 Å². The molecule has 1 heterocycles. The van der Waals surface area contributed by atoms with E-state index in [9.17, 15) is 4.39 Å². The summed E-state index contributed by atoms with van der Waals surface area (Å²) in [7, 11) is 0. The third-order valence-electron chi connectivity index (χ3n) is 2.12. The second-order valence-corrected chi connectivity index (χ2v) is 3.24. The molecule has 0 saturated carbocycles. The van der Waals surface area contributed by atoms with Crippen molar-refractivity contribution in [3.05, 3.63) is 35.6 Å². The monoisotopic (exact) mass is 166 g/mol. The van der Waals surface area contributed by atoms with Gasteiger partial charge in [0, 0.05) is 5.92 Å². The maximum Gasteiger partial charge on any atom is 0.123 e. The fourth-order valence-corrected chi connectivity index (χ4v) is 1.40. The van der Waals surface area contributed by atoms with Crippen molar-refractivity contribution in [2.75, 3.05) is 13.2 Å². The lowest BCUT2D eigenvalue weighted by Crippen LogP contribution is -2.29. The van der Waals surface area contributed by atoms with Crippen molar-refractivity contribution in [1.29, 1.82) is 0 Å². The standard InChI is InChI=1S/C10H11FO/c11-10-3-1-2-8(5-10)4-9-6-12-7-9/h1-3,5,9H,4,6-7H2. The van der Waals surface area contributed by atoms with Gasteiger partial charge in [-0.1, -0.05) is 12.1 Å². The number of hydrogen-bond donors (Lipinski definition) is 0. The molecule has 0 amide bonds. The van der Waals surface area contributed by atoms with Crippen molar-refractivity contribution in [3.63, 3.8) is 0 Å². The zero-order chi connectivity index (χ0) is 8.39. The summed E-state index contributed by atoms with van der Waals surface area (Å²) in [5, 5.41) is 0. The predicted octanol–water partition coefficient (Wildman–Crippen LogP) is 2.01. The zero-order valence-electron chi connectivity index (χ0n) is 6.79. The average Bonchev–Trinajstić information content (AvgIpc) is 1.97. The molecule has 1 saturated heterocycles. The van der Waals surface area contributed by atoms with Gasteiger partial charge in [-0.25, -0.2) is 4.39 Å². The minimum Gasteiger partial charge on any atom is -0.381 e. The normalized spacial score (nSPS) is 17.4. The predicted molar refractivity (Wildman–Crippen MR) is 44.4 cm³/mol. The molecular formula is C10H11FO. The van der Waals surface area contributed by atoms with Gasteiger partial charge in [-0.15, -0.1) is 0 Å². The Morgan fingerprint density at radius 3 is 2.83 bits per heavy atom. The highest BCUT2D eigenvalue weighted by atomic mass is 19.1. The first kappa shape index (κ1) is 7.74. The van der Waals surface area contributed by atoms with Gasteiger partial charge in [0.05, 0.1) is 13.2 Å². The Labute approximate surface area is 71.2 Å². The molecule has 2 rings (SSSR count). The van der Waals surface area contributed by atoms with E-state index in [1.165, 1.54) is 6.07 Å². The smallest absolute Gasteiger partial charge is 0.123 e. The van der Waals surface area contributed by atoms with Gasteiger partial charge in [-0.3, -0.25) is 0 Å². The lowest BCUT2D eigenvalue weighted by Gasteiger charge is -2.25. The zero-order valence-corrected chi connectivity index (χ0v) is 6.79. The van der Waals surface area contributed by atoms with E-state index >= 15 is 0 Å². The third kappa shape index (κ3) is 1.64. The Morgan fingerprint density at radius 2 is 2.25 bits per heavy atom. The van der Waals surface area contributed by atoms with E-state index in [1.54, 1.807) is 12.1 Å². The minimum atomic E-state index is -0.146. The molecule has 0 spiro atoms. The molecule has 2 heteroatoms. The number of hydrogen-bond acceptors (Lipinski definition) is 1. The molecule has 64 valence electrons. The van der Waals surface area contributed by atoms with Crippen LogP contribution in [0, 0.1) is 11.7 Å². The average molecular weight is 166 g/mol. The van der Waals surface area contributed by atoms with Crippen molar-refractivity contribution in [2.45, 2.75) is 6.42 Å². The minimum absolute atomic E-state index is 0.146. The topological polar surface area (TPSA) is 9.23 Å². The van der Waals surface area contributed by atoms with Crippen LogP contribution in [0.4, 0.5) is 4.39 Å². The Bertz CT molecular complexity index is 268. The van der Waals surface area contributed by atoms with E-state index in [0.717, 1.165) is 25.2 Å². The quantitative estimate of drug-likeness (QED) is 0.653. The molecule has 1 aliphatic heterocycles. The molecular weight excluding hydrogens is 155 g/mol. The van der Waals surface area contributed by atoms with Gasteiger partial charge in [0.25, 0.3) is 0 Å². The van der Waals surface area contributed by atoms with E-state index in [2.05, 4.69) is 0 Å². The molecule has 0 atom stereocenters. The second kappa shape index (κ2) is 3.23. The Kier molecular flexibility index (Phi) is 2.09. The van der Waals surface area contributed by atoms with Gasteiger partial charge < -0.3 is 4.74 Å². The fraction of sp³-hybridized carbons (Fsp3) is 0.400. The highest BCUT2D eigenvalue weighted by Crippen LogP contribution is 2.16. The third-order valence-corrected chi connectivity index (χ3v) is 2.12. The van der Waals surface area contributed by atoms with Crippen LogP contribution in [0.3, 0.4) is 0 Å². The van der Waals surface area contributed by atoms with E-state index in [4.69, 9.17) is 4.74 Å². The summed E-state index contributed by atoms with van der Waals surface area (Å²) in [6, 6.07) is 6.78. The number of benzene rings is 1. The molecule has 1 aromatic rings. The highest BCUT2D eigenvalue weighted by Gasteiger charge is 2.18. The molecule has 1 fully saturated rings. The van der Waals surface area contributed by atoms with E-state index in [0.29, 0.717) is 5.92 Å². The SMILES string of the molecule is Fc1cccc(CC2COC2)c1. The lowest BCUT2D eigenvalue weighted by molar-refractivity contribution is -0.0312. The van der Waals surface area contributed by atoms with E-state index in [-0.39, 0.29) is 5.82 Å². The van der Waals surface area contributed by atoms with Crippen LogP contribution in [-0.2, 0) is 11.2 Å². The molecule has 1 aliphatic rings. The van der Waals surface area contributed by atoms with Gasteiger partial charge >= 0.3 is 0 Å². The van der Waals surface area contributed by atoms with Gasteiger partial charge in [0.15, 0.2) is 0 Å². The van der Waals surface area contributed by atoms with Crippen LogP contribution in [0.1, 0.15) is 5.56 Å². The van der Waals surface area contributed by atoms with Crippen LogP contribution >= 0.6 is 0 Å². The van der Waals surface area contributed by atoms with Crippen LogP contribution in [0.2, 0.25) is 0 Å². The molecule has 1 aromatic carbocycles.